The molecule has 0 saturated heterocycles. The Kier molecular flexibility index (Phi) is 6.36. The van der Waals surface area contributed by atoms with Gasteiger partial charge in [-0.1, -0.05) is 115 Å². The van der Waals surface area contributed by atoms with Crippen molar-refractivity contribution in [3.05, 3.63) is 205 Å². The summed E-state index contributed by atoms with van der Waals surface area (Å²) in [5.74, 6) is 0. The second kappa shape index (κ2) is 11.2. The topological polar surface area (TPSA) is 43.6 Å². The minimum Gasteiger partial charge on any atom is -0.309 e. The molecule has 0 N–H and O–H groups in total. The first kappa shape index (κ1) is 28.4. The van der Waals surface area contributed by atoms with Crippen LogP contribution in [0.15, 0.2) is 182 Å². The van der Waals surface area contributed by atoms with Gasteiger partial charge in [-0.05, 0) is 76.9 Å². The third-order valence-electron chi connectivity index (χ3n) is 10.1. The predicted molar refractivity (Wildman–Crippen MR) is 202 cm³/mol. The third-order valence-corrected chi connectivity index (χ3v) is 10.1. The van der Waals surface area contributed by atoms with E-state index in [9.17, 15) is 0 Å². The van der Waals surface area contributed by atoms with Crippen molar-refractivity contribution in [1.29, 1.82) is 0 Å². The van der Waals surface area contributed by atoms with Crippen LogP contribution in [-0.2, 0) is 5.41 Å². The maximum atomic E-state index is 5.20. The molecule has 0 bridgehead atoms. The van der Waals surface area contributed by atoms with Crippen molar-refractivity contribution in [3.63, 3.8) is 0 Å². The average Bonchev–Trinajstić information content (AvgIpc) is 3.68. The first-order valence-corrected chi connectivity index (χ1v) is 16.9. The molecule has 0 unspecified atom stereocenters. The Balaban J connectivity index is 1.34. The lowest BCUT2D eigenvalue weighted by molar-refractivity contribution is 0.706. The molecule has 234 valence electrons. The highest BCUT2D eigenvalue weighted by Crippen LogP contribution is 2.56. The van der Waals surface area contributed by atoms with E-state index in [4.69, 9.17) is 15.0 Å². The molecule has 50 heavy (non-hydrogen) atoms. The molecular formula is C46H30N4. The number of pyridine rings is 3. The molecule has 10 rings (SSSR count). The van der Waals surface area contributed by atoms with Crippen LogP contribution in [0.1, 0.15) is 22.5 Å². The van der Waals surface area contributed by atoms with Crippen molar-refractivity contribution < 1.29 is 0 Å². The van der Waals surface area contributed by atoms with Crippen LogP contribution in [0.2, 0.25) is 0 Å². The Morgan fingerprint density at radius 1 is 0.420 bits per heavy atom. The summed E-state index contributed by atoms with van der Waals surface area (Å²) in [6, 6.07) is 60.0. The fraction of sp³-hybridized carbons (Fsp3) is 0.0217. The quantitative estimate of drug-likeness (QED) is 0.188. The molecule has 0 saturated carbocycles. The SMILES string of the molecule is c1ccc(-c2cc(-n3c4ccccc4c4cc5c(cc43)C(c3ccccn3)(c3ccccn3)c3ccccc3-5)cc(-c3ccccc3)n2)cc1. The van der Waals surface area contributed by atoms with Gasteiger partial charge in [0.1, 0.15) is 5.41 Å². The van der Waals surface area contributed by atoms with Gasteiger partial charge in [0.25, 0.3) is 0 Å². The molecular weight excluding hydrogens is 609 g/mol. The van der Waals surface area contributed by atoms with Crippen LogP contribution in [0.5, 0.6) is 0 Å². The van der Waals surface area contributed by atoms with Crippen LogP contribution in [0.4, 0.5) is 0 Å². The Labute approximate surface area is 290 Å². The molecule has 0 radical (unpaired) electrons. The van der Waals surface area contributed by atoms with Gasteiger partial charge < -0.3 is 4.57 Å². The first-order valence-electron chi connectivity index (χ1n) is 16.9. The number of para-hydroxylation sites is 1. The standard InChI is InChI=1S/C46H30N4/c1-3-15-31(16-4-1)40-27-33(28-41(49-40)32-17-5-2-6-18-32)50-42-22-10-8-20-35(42)37-29-36-34-19-7-9-21-38(34)46(39(36)30-43(37)50,44-23-11-13-25-47-44)45-24-12-14-26-48-45/h1-30H. The molecule has 4 nitrogen and oxygen atoms in total. The number of fused-ring (bicyclic) bond motifs is 6. The highest BCUT2D eigenvalue weighted by atomic mass is 15.0. The summed E-state index contributed by atoms with van der Waals surface area (Å²) in [7, 11) is 0. The molecule has 9 aromatic rings. The normalized spacial score (nSPS) is 13.0. The van der Waals surface area contributed by atoms with Crippen LogP contribution < -0.4 is 0 Å². The number of hydrogen-bond donors (Lipinski definition) is 0. The number of rotatable bonds is 5. The summed E-state index contributed by atoms with van der Waals surface area (Å²) < 4.78 is 2.41. The summed E-state index contributed by atoms with van der Waals surface area (Å²) in [4.78, 5) is 15.3. The van der Waals surface area contributed by atoms with Gasteiger partial charge in [0.15, 0.2) is 0 Å². The summed E-state index contributed by atoms with van der Waals surface area (Å²) in [6.07, 6.45) is 3.78. The van der Waals surface area contributed by atoms with Gasteiger partial charge in [0, 0.05) is 34.3 Å². The smallest absolute Gasteiger partial charge is 0.106 e. The van der Waals surface area contributed by atoms with E-state index in [2.05, 4.69) is 150 Å². The number of nitrogens with zero attached hydrogens (tertiary/aromatic N) is 4. The molecule has 4 heteroatoms. The molecule has 1 aliphatic carbocycles. The van der Waals surface area contributed by atoms with Gasteiger partial charge in [0.2, 0.25) is 0 Å². The van der Waals surface area contributed by atoms with Crippen LogP contribution in [0.3, 0.4) is 0 Å². The lowest BCUT2D eigenvalue weighted by Crippen LogP contribution is -2.30. The predicted octanol–water partition coefficient (Wildman–Crippen LogP) is 10.7. The van der Waals surface area contributed by atoms with Gasteiger partial charge in [-0.15, -0.1) is 0 Å². The zero-order valence-electron chi connectivity index (χ0n) is 27.1. The highest BCUT2D eigenvalue weighted by molar-refractivity contribution is 6.12. The van der Waals surface area contributed by atoms with Gasteiger partial charge in [0.05, 0.1) is 39.5 Å². The summed E-state index contributed by atoms with van der Waals surface area (Å²) in [5.41, 5.74) is 13.3. The largest absolute Gasteiger partial charge is 0.309 e. The molecule has 0 fully saturated rings. The zero-order chi connectivity index (χ0) is 33.1. The van der Waals surface area contributed by atoms with E-state index in [-0.39, 0.29) is 0 Å². The fourth-order valence-electron chi connectivity index (χ4n) is 8.03. The van der Waals surface area contributed by atoms with E-state index in [0.29, 0.717) is 0 Å². The van der Waals surface area contributed by atoms with E-state index in [1.807, 2.05) is 36.7 Å². The molecule has 0 aliphatic heterocycles. The molecule has 1 aliphatic rings. The Morgan fingerprint density at radius 3 is 1.64 bits per heavy atom. The van der Waals surface area contributed by atoms with Crippen molar-refractivity contribution in [3.8, 4) is 39.3 Å². The van der Waals surface area contributed by atoms with E-state index in [1.54, 1.807) is 0 Å². The lowest BCUT2D eigenvalue weighted by Gasteiger charge is -2.31. The molecule has 0 amide bonds. The zero-order valence-corrected chi connectivity index (χ0v) is 27.1. The number of aromatic nitrogens is 4. The lowest BCUT2D eigenvalue weighted by atomic mass is 9.72. The van der Waals surface area contributed by atoms with Crippen molar-refractivity contribution in [2.45, 2.75) is 5.41 Å². The molecule has 0 spiro atoms. The summed E-state index contributed by atoms with van der Waals surface area (Å²) in [5, 5.41) is 2.40. The maximum absolute atomic E-state index is 5.20. The number of hydrogen-bond acceptors (Lipinski definition) is 3. The van der Waals surface area contributed by atoms with Crippen LogP contribution in [0, 0.1) is 0 Å². The Bertz CT molecular complexity index is 2590. The second-order valence-corrected chi connectivity index (χ2v) is 12.8. The molecule has 0 atom stereocenters. The minimum atomic E-state index is -0.702. The van der Waals surface area contributed by atoms with Crippen molar-refractivity contribution in [2.24, 2.45) is 0 Å². The monoisotopic (exact) mass is 638 g/mol. The summed E-state index contributed by atoms with van der Waals surface area (Å²) >= 11 is 0. The van der Waals surface area contributed by atoms with E-state index >= 15 is 0 Å². The van der Waals surface area contributed by atoms with E-state index in [1.165, 1.54) is 33.0 Å². The minimum absolute atomic E-state index is 0.702. The van der Waals surface area contributed by atoms with Crippen LogP contribution >= 0.6 is 0 Å². The first-order chi connectivity index (χ1) is 24.8. The maximum Gasteiger partial charge on any atom is 0.106 e. The number of benzene rings is 5. The third kappa shape index (κ3) is 4.15. The van der Waals surface area contributed by atoms with Gasteiger partial charge in [-0.2, -0.15) is 0 Å². The van der Waals surface area contributed by atoms with E-state index < -0.39 is 5.41 Å². The Morgan fingerprint density at radius 2 is 1.00 bits per heavy atom. The second-order valence-electron chi connectivity index (χ2n) is 12.8. The van der Waals surface area contributed by atoms with Crippen LogP contribution in [0.25, 0.3) is 61.1 Å². The molecule has 4 heterocycles. The average molecular weight is 639 g/mol. The van der Waals surface area contributed by atoms with Crippen LogP contribution in [-0.4, -0.2) is 19.5 Å². The summed E-state index contributed by atoms with van der Waals surface area (Å²) in [6.45, 7) is 0. The fourth-order valence-corrected chi connectivity index (χ4v) is 8.03. The van der Waals surface area contributed by atoms with Gasteiger partial charge >= 0.3 is 0 Å². The van der Waals surface area contributed by atoms with Crippen molar-refractivity contribution in [1.82, 2.24) is 19.5 Å². The molecule has 4 aromatic heterocycles. The Hall–Kier alpha value is -6.65. The van der Waals surface area contributed by atoms with Gasteiger partial charge in [-0.25, -0.2) is 4.98 Å². The van der Waals surface area contributed by atoms with E-state index in [0.717, 1.165) is 50.6 Å². The van der Waals surface area contributed by atoms with Crippen molar-refractivity contribution in [2.75, 3.05) is 0 Å². The molecule has 5 aromatic carbocycles. The highest BCUT2D eigenvalue weighted by Gasteiger charge is 2.48. The van der Waals surface area contributed by atoms with Gasteiger partial charge in [-0.3, -0.25) is 9.97 Å². The van der Waals surface area contributed by atoms with Crippen molar-refractivity contribution >= 4 is 21.8 Å².